The van der Waals surface area contributed by atoms with Crippen molar-refractivity contribution in [3.05, 3.63) is 34.3 Å². The predicted octanol–water partition coefficient (Wildman–Crippen LogP) is 3.17. The van der Waals surface area contributed by atoms with Crippen LogP contribution >= 0.6 is 11.3 Å². The Morgan fingerprint density at radius 2 is 2.11 bits per heavy atom. The summed E-state index contributed by atoms with van der Waals surface area (Å²) in [5.74, 6) is 0.904. The first-order valence-electron chi connectivity index (χ1n) is 5.95. The Morgan fingerprint density at radius 3 is 2.83 bits per heavy atom. The summed E-state index contributed by atoms with van der Waals surface area (Å²) < 4.78 is 5.75. The number of ether oxygens (including phenoxy) is 1. The first-order chi connectivity index (χ1) is 8.69. The molecule has 2 aromatic rings. The maximum atomic E-state index is 5.75. The van der Waals surface area contributed by atoms with E-state index in [1.54, 1.807) is 0 Å². The number of nitrogens with one attached hydrogen (secondary N) is 1. The molecule has 96 valence electrons. The average Bonchev–Trinajstić information content (AvgIpc) is 2.76. The van der Waals surface area contributed by atoms with Crippen molar-refractivity contribution in [3.63, 3.8) is 0 Å². The zero-order valence-corrected chi connectivity index (χ0v) is 11.7. The van der Waals surface area contributed by atoms with Crippen LogP contribution in [0.15, 0.2) is 18.2 Å². The van der Waals surface area contributed by atoms with E-state index in [1.165, 1.54) is 16.9 Å². The summed E-state index contributed by atoms with van der Waals surface area (Å²) in [5.41, 5.74) is 2.39. The van der Waals surface area contributed by atoms with Crippen LogP contribution in [0.5, 0.6) is 5.75 Å². The van der Waals surface area contributed by atoms with Crippen molar-refractivity contribution >= 4 is 16.5 Å². The van der Waals surface area contributed by atoms with Crippen molar-refractivity contribution in [1.82, 2.24) is 10.2 Å². The van der Waals surface area contributed by atoms with Crippen molar-refractivity contribution in [2.75, 3.05) is 11.9 Å². The van der Waals surface area contributed by atoms with Crippen LogP contribution in [0.25, 0.3) is 0 Å². The highest BCUT2D eigenvalue weighted by Gasteiger charge is 2.05. The molecule has 0 aliphatic carbocycles. The molecule has 0 spiro atoms. The second kappa shape index (κ2) is 5.82. The lowest BCUT2D eigenvalue weighted by Crippen LogP contribution is -1.96. The second-order valence-electron chi connectivity index (χ2n) is 4.09. The molecule has 0 unspecified atom stereocenters. The molecule has 0 aliphatic rings. The summed E-state index contributed by atoms with van der Waals surface area (Å²) in [6.07, 6.45) is 0. The lowest BCUT2D eigenvalue weighted by Gasteiger charge is -2.07. The summed E-state index contributed by atoms with van der Waals surface area (Å²) in [6.45, 7) is 7.48. The van der Waals surface area contributed by atoms with E-state index in [-0.39, 0.29) is 0 Å². The quantitative estimate of drug-likeness (QED) is 0.900. The van der Waals surface area contributed by atoms with Crippen LogP contribution in [0.2, 0.25) is 0 Å². The van der Waals surface area contributed by atoms with Crippen molar-refractivity contribution in [2.45, 2.75) is 27.4 Å². The smallest absolute Gasteiger partial charge is 0.205 e. The highest BCUT2D eigenvalue weighted by Crippen LogP contribution is 2.21. The van der Waals surface area contributed by atoms with Gasteiger partial charge in [0.05, 0.1) is 0 Å². The van der Waals surface area contributed by atoms with Gasteiger partial charge in [0.25, 0.3) is 0 Å². The van der Waals surface area contributed by atoms with Crippen molar-refractivity contribution in [3.8, 4) is 5.75 Å². The number of anilines is 1. The number of rotatable bonds is 5. The molecule has 1 aromatic heterocycles. The van der Waals surface area contributed by atoms with Crippen LogP contribution in [0.4, 0.5) is 5.13 Å². The molecule has 0 aliphatic heterocycles. The van der Waals surface area contributed by atoms with E-state index in [9.17, 15) is 0 Å². The molecule has 0 bridgehead atoms. The largest absolute Gasteiger partial charge is 0.486 e. The summed E-state index contributed by atoms with van der Waals surface area (Å²) in [4.78, 5) is 0. The van der Waals surface area contributed by atoms with Gasteiger partial charge in [0.15, 0.2) is 5.01 Å². The van der Waals surface area contributed by atoms with E-state index >= 15 is 0 Å². The molecule has 0 saturated heterocycles. The van der Waals surface area contributed by atoms with E-state index in [0.29, 0.717) is 6.61 Å². The van der Waals surface area contributed by atoms with Gasteiger partial charge in [-0.2, -0.15) is 0 Å². The maximum absolute atomic E-state index is 5.75. The fraction of sp³-hybridized carbons (Fsp3) is 0.385. The van der Waals surface area contributed by atoms with Gasteiger partial charge in [0.2, 0.25) is 5.13 Å². The first kappa shape index (κ1) is 12.8. The van der Waals surface area contributed by atoms with Crippen LogP contribution in [0.3, 0.4) is 0 Å². The third-order valence-electron chi connectivity index (χ3n) is 2.48. The van der Waals surface area contributed by atoms with Gasteiger partial charge in [0, 0.05) is 6.54 Å². The standard InChI is InChI=1S/C13H17N3OS/c1-4-14-13-16-15-12(18-13)8-17-11-6-5-9(2)7-10(11)3/h5-7H,4,8H2,1-3H3,(H,14,16). The van der Waals surface area contributed by atoms with E-state index in [4.69, 9.17) is 4.74 Å². The highest BCUT2D eigenvalue weighted by molar-refractivity contribution is 7.15. The van der Waals surface area contributed by atoms with Crippen LogP contribution in [-0.2, 0) is 6.61 Å². The Morgan fingerprint density at radius 1 is 1.28 bits per heavy atom. The molecule has 2 rings (SSSR count). The minimum absolute atomic E-state index is 0.465. The van der Waals surface area contributed by atoms with Gasteiger partial charge in [-0.25, -0.2) is 0 Å². The molecule has 0 saturated carbocycles. The zero-order chi connectivity index (χ0) is 13.0. The van der Waals surface area contributed by atoms with Gasteiger partial charge in [-0.15, -0.1) is 10.2 Å². The van der Waals surface area contributed by atoms with Crippen LogP contribution < -0.4 is 10.1 Å². The van der Waals surface area contributed by atoms with Crippen molar-refractivity contribution in [2.24, 2.45) is 0 Å². The molecular formula is C13H17N3OS. The number of aryl methyl sites for hydroxylation is 2. The van der Waals surface area contributed by atoms with Gasteiger partial charge in [-0.1, -0.05) is 29.0 Å². The maximum Gasteiger partial charge on any atom is 0.205 e. The highest BCUT2D eigenvalue weighted by atomic mass is 32.1. The topological polar surface area (TPSA) is 47.0 Å². The molecule has 4 nitrogen and oxygen atoms in total. The normalized spacial score (nSPS) is 10.4. The minimum Gasteiger partial charge on any atom is -0.486 e. The number of benzene rings is 1. The average molecular weight is 263 g/mol. The van der Waals surface area contributed by atoms with Gasteiger partial charge in [0.1, 0.15) is 12.4 Å². The van der Waals surface area contributed by atoms with Crippen LogP contribution in [0, 0.1) is 13.8 Å². The third-order valence-corrected chi connectivity index (χ3v) is 3.33. The summed E-state index contributed by atoms with van der Waals surface area (Å²) in [5, 5.41) is 13.0. The minimum atomic E-state index is 0.465. The molecule has 1 heterocycles. The molecule has 0 fully saturated rings. The summed E-state index contributed by atoms with van der Waals surface area (Å²) >= 11 is 1.53. The number of hydrogen-bond donors (Lipinski definition) is 1. The molecule has 1 aromatic carbocycles. The van der Waals surface area contributed by atoms with Crippen molar-refractivity contribution < 1.29 is 4.74 Å². The van der Waals surface area contributed by atoms with Gasteiger partial charge >= 0.3 is 0 Å². The Labute approximate surface area is 111 Å². The van der Waals surface area contributed by atoms with Crippen molar-refractivity contribution in [1.29, 1.82) is 0 Å². The molecule has 18 heavy (non-hydrogen) atoms. The van der Waals surface area contributed by atoms with Gasteiger partial charge in [-0.05, 0) is 32.4 Å². The Kier molecular flexibility index (Phi) is 4.15. The lowest BCUT2D eigenvalue weighted by molar-refractivity contribution is 0.302. The van der Waals surface area contributed by atoms with E-state index < -0.39 is 0 Å². The lowest BCUT2D eigenvalue weighted by atomic mass is 10.1. The second-order valence-corrected chi connectivity index (χ2v) is 5.15. The number of aromatic nitrogens is 2. The molecule has 0 atom stereocenters. The predicted molar refractivity (Wildman–Crippen MR) is 74.3 cm³/mol. The van der Waals surface area contributed by atoms with E-state index in [2.05, 4.69) is 28.5 Å². The number of hydrogen-bond acceptors (Lipinski definition) is 5. The van der Waals surface area contributed by atoms with E-state index in [0.717, 1.165) is 28.0 Å². The van der Waals surface area contributed by atoms with Gasteiger partial charge < -0.3 is 10.1 Å². The van der Waals surface area contributed by atoms with Crippen LogP contribution in [0.1, 0.15) is 23.1 Å². The SMILES string of the molecule is CCNc1nnc(COc2ccc(C)cc2C)s1. The Balaban J connectivity index is 1.97. The van der Waals surface area contributed by atoms with Gasteiger partial charge in [-0.3, -0.25) is 0 Å². The summed E-state index contributed by atoms with van der Waals surface area (Å²) in [7, 11) is 0. The monoisotopic (exact) mass is 263 g/mol. The molecule has 0 amide bonds. The molecule has 1 N–H and O–H groups in total. The Bertz CT molecular complexity index is 525. The fourth-order valence-corrected chi connectivity index (χ4v) is 2.36. The summed E-state index contributed by atoms with van der Waals surface area (Å²) in [6, 6.07) is 6.16. The van der Waals surface area contributed by atoms with Crippen LogP contribution in [-0.4, -0.2) is 16.7 Å². The molecule has 5 heteroatoms. The Hall–Kier alpha value is -1.62. The third kappa shape index (κ3) is 3.20. The zero-order valence-electron chi connectivity index (χ0n) is 10.9. The van der Waals surface area contributed by atoms with E-state index in [1.807, 2.05) is 26.0 Å². The molecular weight excluding hydrogens is 246 g/mol. The fourth-order valence-electron chi connectivity index (χ4n) is 1.64. The number of nitrogens with zero attached hydrogens (tertiary/aromatic N) is 2. The first-order valence-corrected chi connectivity index (χ1v) is 6.77. The molecule has 0 radical (unpaired) electrons.